The molecule has 0 atom stereocenters. The van der Waals surface area contributed by atoms with E-state index < -0.39 is 0 Å². The second-order valence-electron chi connectivity index (χ2n) is 4.60. The number of aryl methyl sites for hydroxylation is 1. The van der Waals surface area contributed by atoms with Crippen molar-refractivity contribution < 1.29 is 4.79 Å². The van der Waals surface area contributed by atoms with Gasteiger partial charge >= 0.3 is 6.03 Å². The van der Waals surface area contributed by atoms with Crippen molar-refractivity contribution in [2.45, 2.75) is 25.9 Å². The standard InChI is InChI=1S/C15H20N4O/c20-15(18-12-14-6-2-1-3-7-14)17-8-4-5-10-19-11-9-16-13-19/h1-3,6-7,9,11,13H,4-5,8,10,12H2,(H2,17,18,20). The summed E-state index contributed by atoms with van der Waals surface area (Å²) in [5.74, 6) is 0. The Kier molecular flexibility index (Phi) is 5.64. The first-order valence-electron chi connectivity index (χ1n) is 6.86. The molecule has 0 saturated carbocycles. The van der Waals surface area contributed by atoms with E-state index in [1.807, 2.05) is 41.1 Å². The summed E-state index contributed by atoms with van der Waals surface area (Å²) in [4.78, 5) is 15.6. The van der Waals surface area contributed by atoms with Crippen LogP contribution in [0.3, 0.4) is 0 Å². The quantitative estimate of drug-likeness (QED) is 0.759. The molecule has 0 spiro atoms. The van der Waals surface area contributed by atoms with Crippen LogP contribution in [0.4, 0.5) is 4.79 Å². The molecule has 1 aromatic carbocycles. The molecule has 2 rings (SSSR count). The molecule has 0 aliphatic rings. The number of hydrogen-bond donors (Lipinski definition) is 2. The summed E-state index contributed by atoms with van der Waals surface area (Å²) in [6, 6.07) is 9.76. The number of amides is 2. The highest BCUT2D eigenvalue weighted by Crippen LogP contribution is 1.97. The third-order valence-corrected chi connectivity index (χ3v) is 2.98. The zero-order valence-electron chi connectivity index (χ0n) is 11.5. The normalized spacial score (nSPS) is 10.2. The van der Waals surface area contributed by atoms with Crippen molar-refractivity contribution in [1.82, 2.24) is 20.2 Å². The van der Waals surface area contributed by atoms with Crippen LogP contribution in [-0.2, 0) is 13.1 Å². The van der Waals surface area contributed by atoms with Crippen LogP contribution in [0.2, 0.25) is 0 Å². The molecule has 0 unspecified atom stereocenters. The molecule has 5 heteroatoms. The van der Waals surface area contributed by atoms with Gasteiger partial charge in [0.1, 0.15) is 0 Å². The fourth-order valence-corrected chi connectivity index (χ4v) is 1.88. The predicted octanol–water partition coefficient (Wildman–Crippen LogP) is 2.16. The minimum atomic E-state index is -0.114. The van der Waals surface area contributed by atoms with E-state index in [-0.39, 0.29) is 6.03 Å². The van der Waals surface area contributed by atoms with E-state index in [9.17, 15) is 4.79 Å². The van der Waals surface area contributed by atoms with Crippen LogP contribution in [0.25, 0.3) is 0 Å². The molecule has 2 N–H and O–H groups in total. The fourth-order valence-electron chi connectivity index (χ4n) is 1.88. The highest BCUT2D eigenvalue weighted by molar-refractivity contribution is 5.73. The molecule has 0 aliphatic heterocycles. The van der Waals surface area contributed by atoms with Gasteiger partial charge in [-0.3, -0.25) is 0 Å². The van der Waals surface area contributed by atoms with E-state index in [1.54, 1.807) is 12.5 Å². The van der Waals surface area contributed by atoms with Crippen LogP contribution in [-0.4, -0.2) is 22.1 Å². The van der Waals surface area contributed by atoms with Gasteiger partial charge in [0.05, 0.1) is 6.33 Å². The smallest absolute Gasteiger partial charge is 0.315 e. The zero-order chi connectivity index (χ0) is 14.0. The van der Waals surface area contributed by atoms with Crippen molar-refractivity contribution in [2.24, 2.45) is 0 Å². The molecule has 0 radical (unpaired) electrons. The molecule has 0 fully saturated rings. The topological polar surface area (TPSA) is 59.0 Å². The first kappa shape index (κ1) is 14.1. The summed E-state index contributed by atoms with van der Waals surface area (Å²) < 4.78 is 2.04. The number of rotatable bonds is 7. The zero-order valence-corrected chi connectivity index (χ0v) is 11.5. The van der Waals surface area contributed by atoms with Crippen molar-refractivity contribution in [3.8, 4) is 0 Å². The number of hydrogen-bond acceptors (Lipinski definition) is 2. The molecular weight excluding hydrogens is 252 g/mol. The predicted molar refractivity (Wildman–Crippen MR) is 78.1 cm³/mol. The van der Waals surface area contributed by atoms with Crippen LogP contribution in [0.15, 0.2) is 49.1 Å². The van der Waals surface area contributed by atoms with Gasteiger partial charge in [-0.15, -0.1) is 0 Å². The van der Waals surface area contributed by atoms with Crippen LogP contribution in [0.1, 0.15) is 18.4 Å². The highest BCUT2D eigenvalue weighted by Gasteiger charge is 1.99. The Morgan fingerprint density at radius 1 is 1.15 bits per heavy atom. The van der Waals surface area contributed by atoms with E-state index >= 15 is 0 Å². The van der Waals surface area contributed by atoms with Gasteiger partial charge in [-0.1, -0.05) is 30.3 Å². The average molecular weight is 272 g/mol. The van der Waals surface area contributed by atoms with Gasteiger partial charge in [0.2, 0.25) is 0 Å². The molecular formula is C15H20N4O. The molecule has 5 nitrogen and oxygen atoms in total. The second-order valence-corrected chi connectivity index (χ2v) is 4.60. The van der Waals surface area contributed by atoms with E-state index in [0.29, 0.717) is 13.1 Å². The number of urea groups is 1. The Balaban J connectivity index is 1.52. The Labute approximate surface area is 119 Å². The molecule has 0 saturated heterocycles. The maximum absolute atomic E-state index is 11.6. The third kappa shape index (κ3) is 5.14. The number of aromatic nitrogens is 2. The van der Waals surface area contributed by atoms with Crippen molar-refractivity contribution in [2.75, 3.05) is 6.54 Å². The number of nitrogens with one attached hydrogen (secondary N) is 2. The lowest BCUT2D eigenvalue weighted by atomic mass is 10.2. The molecule has 0 aliphatic carbocycles. The van der Waals surface area contributed by atoms with Crippen molar-refractivity contribution in [3.05, 3.63) is 54.6 Å². The Bertz CT molecular complexity index is 496. The van der Waals surface area contributed by atoms with Gasteiger partial charge in [-0.2, -0.15) is 0 Å². The molecule has 1 heterocycles. The van der Waals surface area contributed by atoms with Gasteiger partial charge in [0.25, 0.3) is 0 Å². The number of nitrogens with zero attached hydrogens (tertiary/aromatic N) is 2. The van der Waals surface area contributed by atoms with E-state index in [4.69, 9.17) is 0 Å². The lowest BCUT2D eigenvalue weighted by Gasteiger charge is -2.07. The molecule has 2 aromatic rings. The summed E-state index contributed by atoms with van der Waals surface area (Å²) in [7, 11) is 0. The number of benzene rings is 1. The third-order valence-electron chi connectivity index (χ3n) is 2.98. The minimum absolute atomic E-state index is 0.114. The second kappa shape index (κ2) is 7.99. The van der Waals surface area contributed by atoms with Gasteiger partial charge in [-0.05, 0) is 18.4 Å². The lowest BCUT2D eigenvalue weighted by molar-refractivity contribution is 0.240. The summed E-state index contributed by atoms with van der Waals surface area (Å²) in [6.07, 6.45) is 7.50. The largest absolute Gasteiger partial charge is 0.338 e. The van der Waals surface area contributed by atoms with Gasteiger partial charge in [0.15, 0.2) is 0 Å². The van der Waals surface area contributed by atoms with Crippen LogP contribution < -0.4 is 10.6 Å². The summed E-state index contributed by atoms with van der Waals surface area (Å²) in [6.45, 7) is 2.18. The summed E-state index contributed by atoms with van der Waals surface area (Å²) >= 11 is 0. The maximum Gasteiger partial charge on any atom is 0.315 e. The van der Waals surface area contributed by atoms with Crippen LogP contribution >= 0.6 is 0 Å². The number of carbonyl (C=O) groups excluding carboxylic acids is 1. The highest BCUT2D eigenvalue weighted by atomic mass is 16.2. The molecule has 106 valence electrons. The van der Waals surface area contributed by atoms with Gasteiger partial charge in [0, 0.05) is 32.0 Å². The van der Waals surface area contributed by atoms with Gasteiger partial charge < -0.3 is 15.2 Å². The Morgan fingerprint density at radius 2 is 2.00 bits per heavy atom. The number of unbranched alkanes of at least 4 members (excludes halogenated alkanes) is 1. The minimum Gasteiger partial charge on any atom is -0.338 e. The van der Waals surface area contributed by atoms with Crippen molar-refractivity contribution in [3.63, 3.8) is 0 Å². The fraction of sp³-hybridized carbons (Fsp3) is 0.333. The van der Waals surface area contributed by atoms with Crippen molar-refractivity contribution in [1.29, 1.82) is 0 Å². The van der Waals surface area contributed by atoms with Crippen LogP contribution in [0, 0.1) is 0 Å². The van der Waals surface area contributed by atoms with E-state index in [0.717, 1.165) is 24.9 Å². The maximum atomic E-state index is 11.6. The SMILES string of the molecule is O=C(NCCCCn1ccnc1)NCc1ccccc1. The number of imidazole rings is 1. The lowest BCUT2D eigenvalue weighted by Crippen LogP contribution is -2.35. The van der Waals surface area contributed by atoms with E-state index in [1.165, 1.54) is 0 Å². The van der Waals surface area contributed by atoms with Gasteiger partial charge in [-0.25, -0.2) is 9.78 Å². The first-order valence-corrected chi connectivity index (χ1v) is 6.86. The van der Waals surface area contributed by atoms with Crippen molar-refractivity contribution >= 4 is 6.03 Å². The summed E-state index contributed by atoms with van der Waals surface area (Å²) in [5, 5.41) is 5.70. The number of carbonyl (C=O) groups is 1. The first-order chi connectivity index (χ1) is 9.84. The molecule has 20 heavy (non-hydrogen) atoms. The molecule has 0 bridgehead atoms. The van der Waals surface area contributed by atoms with Crippen LogP contribution in [0.5, 0.6) is 0 Å². The summed E-state index contributed by atoms with van der Waals surface area (Å²) in [5.41, 5.74) is 1.10. The monoisotopic (exact) mass is 272 g/mol. The Morgan fingerprint density at radius 3 is 2.75 bits per heavy atom. The Hall–Kier alpha value is -2.30. The molecule has 1 aromatic heterocycles. The van der Waals surface area contributed by atoms with E-state index in [2.05, 4.69) is 15.6 Å². The average Bonchev–Trinajstić information content (AvgIpc) is 2.99. The molecule has 2 amide bonds.